The normalized spacial score (nSPS) is 20.8. The molecule has 136 valence electrons. The molecule has 4 rings (SSSR count). The molecule has 0 bridgehead atoms. The number of likely N-dealkylation sites (tertiary alicyclic amines) is 1. The maximum atomic E-state index is 14.1. The second-order valence-corrected chi connectivity index (χ2v) is 6.94. The molecule has 8 heteroatoms. The molecule has 1 saturated carbocycles. The highest BCUT2D eigenvalue weighted by Crippen LogP contribution is 2.50. The van der Waals surface area contributed by atoms with E-state index in [4.69, 9.17) is 4.74 Å². The van der Waals surface area contributed by atoms with Crippen LogP contribution in [-0.2, 0) is 4.79 Å². The van der Waals surface area contributed by atoms with Crippen LogP contribution in [0, 0.1) is 11.7 Å². The third-order valence-electron chi connectivity index (χ3n) is 5.33. The number of aromatic amines is 1. The van der Waals surface area contributed by atoms with E-state index in [9.17, 15) is 14.0 Å². The molecular weight excluding hydrogens is 339 g/mol. The number of hydrogen-bond acceptors (Lipinski definition) is 5. The van der Waals surface area contributed by atoms with Crippen molar-refractivity contribution in [3.63, 3.8) is 0 Å². The van der Waals surface area contributed by atoms with Gasteiger partial charge in [0.25, 0.3) is 5.91 Å². The van der Waals surface area contributed by atoms with Crippen LogP contribution in [0.2, 0.25) is 0 Å². The third-order valence-corrected chi connectivity index (χ3v) is 5.33. The second-order valence-electron chi connectivity index (χ2n) is 6.94. The average molecular weight is 358 g/mol. The third kappa shape index (κ3) is 2.75. The lowest BCUT2D eigenvalue weighted by atomic mass is 9.90. The van der Waals surface area contributed by atoms with Gasteiger partial charge in [-0.2, -0.15) is 5.10 Å². The lowest BCUT2D eigenvalue weighted by Gasteiger charge is -2.38. The smallest absolute Gasteiger partial charge is 0.274 e. The highest BCUT2D eigenvalue weighted by atomic mass is 19.1. The van der Waals surface area contributed by atoms with Gasteiger partial charge in [-0.1, -0.05) is 0 Å². The van der Waals surface area contributed by atoms with Crippen LogP contribution in [0.5, 0.6) is 5.88 Å². The number of ether oxygens (including phenoxy) is 1. The molecule has 26 heavy (non-hydrogen) atoms. The van der Waals surface area contributed by atoms with Gasteiger partial charge in [0.2, 0.25) is 5.88 Å². The summed E-state index contributed by atoms with van der Waals surface area (Å²) in [6.07, 6.45) is 5.28. The molecule has 1 saturated heterocycles. The van der Waals surface area contributed by atoms with Crippen molar-refractivity contribution in [2.75, 3.05) is 13.7 Å². The van der Waals surface area contributed by atoms with Crippen molar-refractivity contribution in [3.05, 3.63) is 29.8 Å². The number of nitrogens with zero attached hydrogens (tertiary/aromatic N) is 3. The topological polar surface area (TPSA) is 88.2 Å². The minimum absolute atomic E-state index is 0.0228. The maximum absolute atomic E-state index is 14.1. The van der Waals surface area contributed by atoms with Crippen LogP contribution in [0.4, 0.5) is 4.39 Å². The van der Waals surface area contributed by atoms with Gasteiger partial charge in [0.15, 0.2) is 11.5 Å². The maximum Gasteiger partial charge on any atom is 0.274 e. The summed E-state index contributed by atoms with van der Waals surface area (Å²) in [5.74, 6) is -0.416. The van der Waals surface area contributed by atoms with E-state index in [1.54, 1.807) is 6.07 Å². The zero-order valence-corrected chi connectivity index (χ0v) is 14.4. The first-order valence-electron chi connectivity index (χ1n) is 8.59. The monoisotopic (exact) mass is 358 g/mol. The number of aldehydes is 1. The number of H-pyrrole nitrogens is 1. The van der Waals surface area contributed by atoms with E-state index in [0.717, 1.165) is 31.7 Å². The molecule has 1 atom stereocenters. The predicted molar refractivity (Wildman–Crippen MR) is 90.1 cm³/mol. The number of methoxy groups -OCH3 is 1. The molecule has 2 aliphatic rings. The van der Waals surface area contributed by atoms with E-state index in [0.29, 0.717) is 18.7 Å². The number of halogens is 1. The fraction of sp³-hybridized carbons (Fsp3) is 0.444. The average Bonchev–Trinajstić information content (AvgIpc) is 3.24. The Bertz CT molecular complexity index is 862. The standard InChI is InChI=1S/C18H19FN4O3/c1-26-16-6-12(13(19)9-20-16)14-7-15(22-21-14)17(25)23-5-2-11(10-24)8-18(23)3-4-18/h6-7,9-11H,2-5,8H2,1H3,(H,21,22)/t11-/m0/s1. The zero-order chi connectivity index (χ0) is 18.3. The number of aromatic nitrogens is 3. The molecule has 1 N–H and O–H groups in total. The summed E-state index contributed by atoms with van der Waals surface area (Å²) in [5.41, 5.74) is 0.667. The van der Waals surface area contributed by atoms with E-state index in [2.05, 4.69) is 15.2 Å². The van der Waals surface area contributed by atoms with Gasteiger partial charge in [0.05, 0.1) is 19.0 Å². The summed E-state index contributed by atoms with van der Waals surface area (Å²) in [7, 11) is 1.45. The summed E-state index contributed by atoms with van der Waals surface area (Å²) >= 11 is 0. The van der Waals surface area contributed by atoms with Crippen molar-refractivity contribution in [1.29, 1.82) is 0 Å². The van der Waals surface area contributed by atoms with E-state index in [1.165, 1.54) is 13.2 Å². The van der Waals surface area contributed by atoms with Crippen LogP contribution in [0.3, 0.4) is 0 Å². The van der Waals surface area contributed by atoms with Crippen LogP contribution in [0.25, 0.3) is 11.3 Å². The number of piperidine rings is 1. The minimum atomic E-state index is -0.529. The largest absolute Gasteiger partial charge is 0.481 e. The molecule has 3 heterocycles. The highest BCUT2D eigenvalue weighted by Gasteiger charge is 2.53. The molecule has 0 radical (unpaired) electrons. The number of carbonyl (C=O) groups is 2. The number of hydrogen-bond donors (Lipinski definition) is 1. The fourth-order valence-electron chi connectivity index (χ4n) is 3.73. The Morgan fingerprint density at radius 3 is 2.96 bits per heavy atom. The lowest BCUT2D eigenvalue weighted by Crippen LogP contribution is -2.48. The van der Waals surface area contributed by atoms with Gasteiger partial charge in [0.1, 0.15) is 6.29 Å². The minimum Gasteiger partial charge on any atom is -0.481 e. The first-order valence-corrected chi connectivity index (χ1v) is 8.59. The Kier molecular flexibility index (Phi) is 3.97. The van der Waals surface area contributed by atoms with Crippen molar-refractivity contribution in [1.82, 2.24) is 20.1 Å². The Balaban J connectivity index is 1.59. The van der Waals surface area contributed by atoms with Crippen molar-refractivity contribution in [3.8, 4) is 17.1 Å². The van der Waals surface area contributed by atoms with Crippen LogP contribution in [0.15, 0.2) is 18.3 Å². The van der Waals surface area contributed by atoms with Gasteiger partial charge in [-0.25, -0.2) is 9.37 Å². The van der Waals surface area contributed by atoms with Crippen LogP contribution >= 0.6 is 0 Å². The summed E-state index contributed by atoms with van der Waals surface area (Å²) in [5, 5.41) is 6.81. The van der Waals surface area contributed by atoms with Gasteiger partial charge in [-0.15, -0.1) is 0 Å². The number of rotatable bonds is 4. The first kappa shape index (κ1) is 16.7. The van der Waals surface area contributed by atoms with Crippen molar-refractivity contribution in [2.24, 2.45) is 5.92 Å². The molecule has 1 aliphatic heterocycles. The molecule has 2 aromatic rings. The van der Waals surface area contributed by atoms with E-state index in [-0.39, 0.29) is 34.5 Å². The Labute approximate surface area is 149 Å². The van der Waals surface area contributed by atoms with Gasteiger partial charge in [-0.05, 0) is 31.7 Å². The van der Waals surface area contributed by atoms with Crippen LogP contribution in [0.1, 0.15) is 36.2 Å². The number of pyridine rings is 1. The van der Waals surface area contributed by atoms with E-state index >= 15 is 0 Å². The molecule has 2 aromatic heterocycles. The quantitative estimate of drug-likeness (QED) is 0.847. The van der Waals surface area contributed by atoms with Crippen molar-refractivity contribution in [2.45, 2.75) is 31.2 Å². The molecular formula is C18H19FN4O3. The first-order chi connectivity index (χ1) is 12.6. The van der Waals surface area contributed by atoms with Gasteiger partial charge in [0, 0.05) is 29.6 Å². The Morgan fingerprint density at radius 1 is 1.46 bits per heavy atom. The SMILES string of the molecule is COc1cc(-c2cc(C(=O)N3CC[C@H](C=O)CC34CC4)n[nH]2)c(F)cn1. The van der Waals surface area contributed by atoms with Crippen molar-refractivity contribution < 1.29 is 18.7 Å². The summed E-state index contributed by atoms with van der Waals surface area (Å²) in [4.78, 5) is 29.7. The number of amides is 1. The van der Waals surface area contributed by atoms with Crippen LogP contribution < -0.4 is 4.74 Å². The highest BCUT2D eigenvalue weighted by molar-refractivity contribution is 5.94. The predicted octanol–water partition coefficient (Wildman–Crippen LogP) is 2.20. The van der Waals surface area contributed by atoms with E-state index < -0.39 is 5.82 Å². The second kappa shape index (κ2) is 6.19. The lowest BCUT2D eigenvalue weighted by molar-refractivity contribution is -0.113. The Hall–Kier alpha value is -2.77. The molecule has 1 aliphatic carbocycles. The molecule has 0 aromatic carbocycles. The fourth-order valence-corrected chi connectivity index (χ4v) is 3.73. The van der Waals surface area contributed by atoms with Gasteiger partial charge < -0.3 is 14.4 Å². The molecule has 7 nitrogen and oxygen atoms in total. The van der Waals surface area contributed by atoms with Crippen molar-refractivity contribution >= 4 is 12.2 Å². The molecule has 0 unspecified atom stereocenters. The molecule has 2 fully saturated rings. The summed E-state index contributed by atoms with van der Waals surface area (Å²) in [6, 6.07) is 3.00. The Morgan fingerprint density at radius 2 is 2.27 bits per heavy atom. The molecule has 1 spiro atoms. The van der Waals surface area contributed by atoms with Crippen LogP contribution in [-0.4, -0.2) is 51.5 Å². The van der Waals surface area contributed by atoms with E-state index in [1.807, 2.05) is 4.90 Å². The zero-order valence-electron chi connectivity index (χ0n) is 14.4. The summed E-state index contributed by atoms with van der Waals surface area (Å²) < 4.78 is 19.1. The van der Waals surface area contributed by atoms with Gasteiger partial charge >= 0.3 is 0 Å². The molecule has 1 amide bonds. The number of carbonyl (C=O) groups excluding carboxylic acids is 2. The summed E-state index contributed by atoms with van der Waals surface area (Å²) in [6.45, 7) is 0.544. The number of nitrogens with one attached hydrogen (secondary N) is 1. The van der Waals surface area contributed by atoms with Gasteiger partial charge in [-0.3, -0.25) is 9.89 Å².